The number of anilines is 1. The van der Waals surface area contributed by atoms with Crippen LogP contribution in [0.5, 0.6) is 0 Å². The Bertz CT molecular complexity index is 760. The molecular weight excluding hydrogens is 226 g/mol. The molecular formula is C15H11NO2. The molecule has 0 saturated carbocycles. The van der Waals surface area contributed by atoms with Gasteiger partial charge in [-0.1, -0.05) is 30.3 Å². The van der Waals surface area contributed by atoms with Crippen LogP contribution < -0.4 is 11.4 Å². The summed E-state index contributed by atoms with van der Waals surface area (Å²) in [7, 11) is 0. The van der Waals surface area contributed by atoms with Gasteiger partial charge in [0.25, 0.3) is 0 Å². The highest BCUT2D eigenvalue weighted by atomic mass is 16.4. The molecule has 1 heterocycles. The Balaban J connectivity index is 2.41. The van der Waals surface area contributed by atoms with Crippen LogP contribution in [0.2, 0.25) is 0 Å². The van der Waals surface area contributed by atoms with E-state index in [4.69, 9.17) is 10.2 Å². The van der Waals surface area contributed by atoms with Crippen LogP contribution in [0, 0.1) is 0 Å². The average Bonchev–Trinajstić information content (AvgIpc) is 2.39. The summed E-state index contributed by atoms with van der Waals surface area (Å²) in [6.07, 6.45) is 0. The third kappa shape index (κ3) is 1.76. The molecule has 88 valence electrons. The standard InChI is InChI=1S/C15H11NO2/c16-11-6-7-14-13(8-11)12(9-15(17)18-14)10-4-2-1-3-5-10/h1-9H,16H2. The first-order valence-corrected chi connectivity index (χ1v) is 5.63. The van der Waals surface area contributed by atoms with E-state index < -0.39 is 0 Å². The second kappa shape index (κ2) is 4.04. The molecule has 0 aliphatic heterocycles. The van der Waals surface area contributed by atoms with Crippen molar-refractivity contribution in [3.05, 3.63) is 65.0 Å². The molecule has 2 aromatic carbocycles. The van der Waals surface area contributed by atoms with Crippen molar-refractivity contribution < 1.29 is 4.42 Å². The molecule has 3 nitrogen and oxygen atoms in total. The van der Waals surface area contributed by atoms with Gasteiger partial charge in [-0.15, -0.1) is 0 Å². The van der Waals surface area contributed by atoms with Crippen LogP contribution in [0.3, 0.4) is 0 Å². The molecule has 0 amide bonds. The third-order valence-corrected chi connectivity index (χ3v) is 2.85. The van der Waals surface area contributed by atoms with Crippen LogP contribution in [0.25, 0.3) is 22.1 Å². The molecule has 1 aromatic heterocycles. The maximum absolute atomic E-state index is 11.6. The predicted octanol–water partition coefficient (Wildman–Crippen LogP) is 3.04. The summed E-state index contributed by atoms with van der Waals surface area (Å²) in [6.45, 7) is 0. The first-order chi connectivity index (χ1) is 8.74. The van der Waals surface area contributed by atoms with Gasteiger partial charge in [-0.25, -0.2) is 4.79 Å². The Morgan fingerprint density at radius 1 is 0.944 bits per heavy atom. The van der Waals surface area contributed by atoms with Crippen LogP contribution in [-0.2, 0) is 0 Å². The van der Waals surface area contributed by atoms with Gasteiger partial charge in [0, 0.05) is 17.1 Å². The number of nitrogen functional groups attached to an aromatic ring is 1. The van der Waals surface area contributed by atoms with E-state index in [1.165, 1.54) is 6.07 Å². The van der Waals surface area contributed by atoms with Crippen molar-refractivity contribution in [2.45, 2.75) is 0 Å². The van der Waals surface area contributed by atoms with Gasteiger partial charge in [0.05, 0.1) is 0 Å². The minimum atomic E-state index is -0.355. The van der Waals surface area contributed by atoms with E-state index in [-0.39, 0.29) is 5.63 Å². The summed E-state index contributed by atoms with van der Waals surface area (Å²) in [4.78, 5) is 11.6. The number of hydrogen-bond donors (Lipinski definition) is 1. The molecule has 0 spiro atoms. The Kier molecular flexibility index (Phi) is 2.38. The summed E-state index contributed by atoms with van der Waals surface area (Å²) in [6, 6.07) is 16.5. The molecule has 0 radical (unpaired) electrons. The van der Waals surface area contributed by atoms with Crippen molar-refractivity contribution in [1.82, 2.24) is 0 Å². The lowest BCUT2D eigenvalue weighted by Crippen LogP contribution is -1.98. The number of hydrogen-bond acceptors (Lipinski definition) is 3. The van der Waals surface area contributed by atoms with E-state index in [1.54, 1.807) is 12.1 Å². The zero-order chi connectivity index (χ0) is 12.5. The third-order valence-electron chi connectivity index (χ3n) is 2.85. The molecule has 0 atom stereocenters. The van der Waals surface area contributed by atoms with Crippen LogP contribution >= 0.6 is 0 Å². The number of nitrogens with two attached hydrogens (primary N) is 1. The molecule has 0 fully saturated rings. The number of rotatable bonds is 1. The van der Waals surface area contributed by atoms with E-state index in [0.717, 1.165) is 16.5 Å². The monoisotopic (exact) mass is 237 g/mol. The molecule has 3 rings (SSSR count). The molecule has 3 aromatic rings. The van der Waals surface area contributed by atoms with Gasteiger partial charge in [0.15, 0.2) is 0 Å². The second-order valence-corrected chi connectivity index (χ2v) is 4.10. The van der Waals surface area contributed by atoms with Crippen LogP contribution in [-0.4, -0.2) is 0 Å². The number of benzene rings is 2. The quantitative estimate of drug-likeness (QED) is 0.522. The van der Waals surface area contributed by atoms with E-state index in [0.29, 0.717) is 11.3 Å². The highest BCUT2D eigenvalue weighted by molar-refractivity contribution is 5.94. The molecule has 2 N–H and O–H groups in total. The lowest BCUT2D eigenvalue weighted by molar-refractivity contribution is 0.561. The van der Waals surface area contributed by atoms with Crippen molar-refractivity contribution in [1.29, 1.82) is 0 Å². The van der Waals surface area contributed by atoms with Crippen molar-refractivity contribution >= 4 is 16.7 Å². The SMILES string of the molecule is Nc1ccc2oc(=O)cc(-c3ccccc3)c2c1. The molecule has 0 aliphatic rings. The lowest BCUT2D eigenvalue weighted by Gasteiger charge is -2.06. The van der Waals surface area contributed by atoms with Crippen molar-refractivity contribution in [2.75, 3.05) is 5.73 Å². The minimum absolute atomic E-state index is 0.355. The van der Waals surface area contributed by atoms with Gasteiger partial charge in [-0.05, 0) is 29.3 Å². The second-order valence-electron chi connectivity index (χ2n) is 4.10. The zero-order valence-electron chi connectivity index (χ0n) is 9.59. The summed E-state index contributed by atoms with van der Waals surface area (Å²) < 4.78 is 5.17. The van der Waals surface area contributed by atoms with Gasteiger partial charge in [0.1, 0.15) is 5.58 Å². The smallest absolute Gasteiger partial charge is 0.336 e. The van der Waals surface area contributed by atoms with Crippen LogP contribution in [0.1, 0.15) is 0 Å². The van der Waals surface area contributed by atoms with Crippen molar-refractivity contribution in [3.63, 3.8) is 0 Å². The summed E-state index contributed by atoms with van der Waals surface area (Å²) in [5.74, 6) is 0. The maximum Gasteiger partial charge on any atom is 0.336 e. The molecule has 0 saturated heterocycles. The first-order valence-electron chi connectivity index (χ1n) is 5.63. The topological polar surface area (TPSA) is 56.2 Å². The zero-order valence-corrected chi connectivity index (χ0v) is 9.59. The van der Waals surface area contributed by atoms with Gasteiger partial charge in [-0.2, -0.15) is 0 Å². The maximum atomic E-state index is 11.6. The first kappa shape index (κ1) is 10.6. The summed E-state index contributed by atoms with van der Waals surface area (Å²) in [5.41, 5.74) is 8.45. The Labute approximate surface area is 103 Å². The summed E-state index contributed by atoms with van der Waals surface area (Å²) >= 11 is 0. The molecule has 0 bridgehead atoms. The minimum Gasteiger partial charge on any atom is -0.423 e. The highest BCUT2D eigenvalue weighted by Crippen LogP contribution is 2.28. The molecule has 3 heteroatoms. The average molecular weight is 237 g/mol. The predicted molar refractivity (Wildman–Crippen MR) is 72.3 cm³/mol. The Morgan fingerprint density at radius 3 is 2.50 bits per heavy atom. The Hall–Kier alpha value is -2.55. The fourth-order valence-corrected chi connectivity index (χ4v) is 2.04. The van der Waals surface area contributed by atoms with E-state index in [9.17, 15) is 4.79 Å². The van der Waals surface area contributed by atoms with E-state index in [1.807, 2.05) is 36.4 Å². The van der Waals surface area contributed by atoms with E-state index >= 15 is 0 Å². The van der Waals surface area contributed by atoms with Gasteiger partial charge >= 0.3 is 5.63 Å². The van der Waals surface area contributed by atoms with Gasteiger partial charge in [0.2, 0.25) is 0 Å². The van der Waals surface area contributed by atoms with Crippen molar-refractivity contribution in [3.8, 4) is 11.1 Å². The summed E-state index contributed by atoms with van der Waals surface area (Å²) in [5, 5.41) is 0.848. The fraction of sp³-hybridized carbons (Fsp3) is 0. The fourth-order valence-electron chi connectivity index (χ4n) is 2.04. The largest absolute Gasteiger partial charge is 0.423 e. The molecule has 0 unspecified atom stereocenters. The Morgan fingerprint density at radius 2 is 1.72 bits per heavy atom. The lowest BCUT2D eigenvalue weighted by atomic mass is 10.0. The van der Waals surface area contributed by atoms with Crippen molar-refractivity contribution in [2.24, 2.45) is 0 Å². The van der Waals surface area contributed by atoms with Crippen LogP contribution in [0.15, 0.2) is 63.8 Å². The van der Waals surface area contributed by atoms with Gasteiger partial charge < -0.3 is 10.2 Å². The van der Waals surface area contributed by atoms with Gasteiger partial charge in [-0.3, -0.25) is 0 Å². The normalized spacial score (nSPS) is 10.7. The molecule has 0 aliphatic carbocycles. The van der Waals surface area contributed by atoms with E-state index in [2.05, 4.69) is 0 Å². The van der Waals surface area contributed by atoms with Crippen LogP contribution in [0.4, 0.5) is 5.69 Å². The number of fused-ring (bicyclic) bond motifs is 1. The highest BCUT2D eigenvalue weighted by Gasteiger charge is 2.07. The molecule has 18 heavy (non-hydrogen) atoms.